The SMILES string of the molecule is CCCC[c-]1ccc(C(C)CC)c1.CCCC[c-]1ccc(C(C)CC)c1.[Mg+2]. The van der Waals surface area contributed by atoms with Crippen LogP contribution in [0, 0.1) is 0 Å². The van der Waals surface area contributed by atoms with Crippen molar-refractivity contribution in [3.05, 3.63) is 58.7 Å². The van der Waals surface area contributed by atoms with E-state index in [2.05, 4.69) is 77.9 Å². The van der Waals surface area contributed by atoms with Crippen molar-refractivity contribution in [1.82, 2.24) is 0 Å². The second-order valence-electron chi connectivity index (χ2n) is 7.93. The van der Waals surface area contributed by atoms with Crippen LogP contribution in [-0.2, 0) is 12.8 Å². The van der Waals surface area contributed by atoms with Crippen molar-refractivity contribution in [2.24, 2.45) is 0 Å². The molecule has 1 heteroatoms. The summed E-state index contributed by atoms with van der Waals surface area (Å²) >= 11 is 0. The van der Waals surface area contributed by atoms with E-state index in [0.717, 1.165) is 11.8 Å². The smallest absolute Gasteiger partial charge is 0.210 e. The Morgan fingerprint density at radius 2 is 1.07 bits per heavy atom. The molecule has 2 rings (SSSR count). The normalized spacial score (nSPS) is 12.7. The molecule has 0 saturated carbocycles. The van der Waals surface area contributed by atoms with Crippen LogP contribution < -0.4 is 0 Å². The van der Waals surface area contributed by atoms with Crippen LogP contribution >= 0.6 is 0 Å². The van der Waals surface area contributed by atoms with Gasteiger partial charge in [-0.2, -0.15) is 46.5 Å². The fourth-order valence-corrected chi connectivity index (χ4v) is 3.18. The molecule has 0 heterocycles. The third-order valence-corrected chi connectivity index (χ3v) is 5.68. The van der Waals surface area contributed by atoms with Gasteiger partial charge in [-0.15, -0.1) is 0 Å². The van der Waals surface area contributed by atoms with Gasteiger partial charge in [0, 0.05) is 0 Å². The second-order valence-corrected chi connectivity index (χ2v) is 7.93. The van der Waals surface area contributed by atoms with E-state index in [0.29, 0.717) is 0 Å². The molecule has 2 atom stereocenters. The Morgan fingerprint density at radius 3 is 1.37 bits per heavy atom. The number of unbranched alkanes of at least 4 members (excludes halogenated alkanes) is 2. The predicted molar refractivity (Wildman–Crippen MR) is 124 cm³/mol. The van der Waals surface area contributed by atoms with E-state index in [-0.39, 0.29) is 23.1 Å². The molecule has 0 aliphatic carbocycles. The van der Waals surface area contributed by atoms with Gasteiger partial charge in [0.15, 0.2) is 0 Å². The average Bonchev–Trinajstić information content (AvgIpc) is 3.33. The zero-order chi connectivity index (χ0) is 19.4. The number of rotatable bonds is 10. The monoisotopic (exact) mass is 378 g/mol. The van der Waals surface area contributed by atoms with E-state index >= 15 is 0 Å². The minimum absolute atomic E-state index is 0. The van der Waals surface area contributed by atoms with Crippen molar-refractivity contribution >= 4 is 23.1 Å². The quantitative estimate of drug-likeness (QED) is 0.289. The number of hydrogen-bond donors (Lipinski definition) is 0. The number of aryl methyl sites for hydroxylation is 2. The van der Waals surface area contributed by atoms with Gasteiger partial charge in [0.2, 0.25) is 0 Å². The molecule has 0 radical (unpaired) electrons. The van der Waals surface area contributed by atoms with Crippen LogP contribution in [0.15, 0.2) is 36.4 Å². The van der Waals surface area contributed by atoms with Crippen molar-refractivity contribution < 1.29 is 0 Å². The Hall–Kier alpha value is -0.534. The van der Waals surface area contributed by atoms with Gasteiger partial charge in [-0.1, -0.05) is 105 Å². The summed E-state index contributed by atoms with van der Waals surface area (Å²) in [5, 5.41) is 0. The molecule has 0 fully saturated rings. The third kappa shape index (κ3) is 9.99. The first-order valence-electron chi connectivity index (χ1n) is 11.1. The van der Waals surface area contributed by atoms with E-state index in [4.69, 9.17) is 0 Å². The van der Waals surface area contributed by atoms with Crippen LogP contribution in [0.3, 0.4) is 0 Å². The summed E-state index contributed by atoms with van der Waals surface area (Å²) in [7, 11) is 0. The van der Waals surface area contributed by atoms with Gasteiger partial charge >= 0.3 is 23.1 Å². The first-order chi connectivity index (χ1) is 12.5. The van der Waals surface area contributed by atoms with Crippen molar-refractivity contribution in [2.75, 3.05) is 0 Å². The van der Waals surface area contributed by atoms with Crippen LogP contribution in [0.1, 0.15) is 114 Å². The molecule has 0 N–H and O–H groups in total. The van der Waals surface area contributed by atoms with Gasteiger partial charge in [0.1, 0.15) is 0 Å². The molecular weight excluding hydrogens is 337 g/mol. The zero-order valence-electron chi connectivity index (χ0n) is 19.0. The fourth-order valence-electron chi connectivity index (χ4n) is 3.18. The summed E-state index contributed by atoms with van der Waals surface area (Å²) in [5.74, 6) is 1.46. The Kier molecular flexibility index (Phi) is 15.1. The summed E-state index contributed by atoms with van der Waals surface area (Å²) in [4.78, 5) is 0. The Morgan fingerprint density at radius 1 is 0.704 bits per heavy atom. The average molecular weight is 379 g/mol. The summed E-state index contributed by atoms with van der Waals surface area (Å²) < 4.78 is 0. The molecule has 0 aliphatic rings. The van der Waals surface area contributed by atoms with Crippen molar-refractivity contribution in [2.45, 2.75) is 105 Å². The van der Waals surface area contributed by atoms with E-state index in [1.165, 1.54) is 73.6 Å². The largest absolute Gasteiger partial charge is 2.00 e. The van der Waals surface area contributed by atoms with Crippen molar-refractivity contribution in [1.29, 1.82) is 0 Å². The number of hydrogen-bond acceptors (Lipinski definition) is 0. The van der Waals surface area contributed by atoms with Gasteiger partial charge in [-0.25, -0.2) is 12.1 Å². The zero-order valence-corrected chi connectivity index (χ0v) is 20.4. The maximum absolute atomic E-state index is 2.38. The summed E-state index contributed by atoms with van der Waals surface area (Å²) in [5.41, 5.74) is 6.09. The Balaban J connectivity index is 0.000000483. The van der Waals surface area contributed by atoms with Gasteiger partial charge in [0.05, 0.1) is 0 Å². The predicted octanol–water partition coefficient (Wildman–Crippen LogP) is 8.14. The molecule has 27 heavy (non-hydrogen) atoms. The van der Waals surface area contributed by atoms with Crippen LogP contribution in [-0.4, -0.2) is 23.1 Å². The molecule has 0 aliphatic heterocycles. The summed E-state index contributed by atoms with van der Waals surface area (Å²) in [6, 6.07) is 13.9. The molecule has 0 spiro atoms. The molecule has 0 aromatic heterocycles. The second kappa shape index (κ2) is 15.4. The van der Waals surface area contributed by atoms with Crippen LogP contribution in [0.2, 0.25) is 0 Å². The Labute approximate surface area is 186 Å². The van der Waals surface area contributed by atoms with E-state index in [1.807, 2.05) is 0 Å². The van der Waals surface area contributed by atoms with Crippen molar-refractivity contribution in [3.8, 4) is 0 Å². The van der Waals surface area contributed by atoms with Crippen LogP contribution in [0.5, 0.6) is 0 Å². The summed E-state index contributed by atoms with van der Waals surface area (Å²) in [6.07, 6.45) is 10.2. The van der Waals surface area contributed by atoms with E-state index in [1.54, 1.807) is 0 Å². The van der Waals surface area contributed by atoms with E-state index in [9.17, 15) is 0 Å². The van der Waals surface area contributed by atoms with Gasteiger partial charge < -0.3 is 0 Å². The van der Waals surface area contributed by atoms with Gasteiger partial charge in [-0.3, -0.25) is 0 Å². The molecule has 2 aromatic carbocycles. The topological polar surface area (TPSA) is 0 Å². The molecule has 2 aromatic rings. The molecule has 0 bridgehead atoms. The maximum atomic E-state index is 2.38. The molecule has 2 unspecified atom stereocenters. The minimum Gasteiger partial charge on any atom is -0.210 e. The molecule has 0 saturated heterocycles. The standard InChI is InChI=1S/2C13H21.Mg/c2*1-4-6-7-12-8-9-13(10-12)11(3)5-2;/h2*8-11H,4-7H2,1-3H3;/q2*-1;+2. The fraction of sp³-hybridized carbons (Fsp3) is 0.615. The molecule has 0 nitrogen and oxygen atoms in total. The van der Waals surface area contributed by atoms with Crippen molar-refractivity contribution in [3.63, 3.8) is 0 Å². The van der Waals surface area contributed by atoms with Crippen LogP contribution in [0.4, 0.5) is 0 Å². The first-order valence-corrected chi connectivity index (χ1v) is 11.1. The third-order valence-electron chi connectivity index (χ3n) is 5.68. The first kappa shape index (κ1) is 26.5. The van der Waals surface area contributed by atoms with E-state index < -0.39 is 0 Å². The molecular formula is C26H42Mg. The van der Waals surface area contributed by atoms with Gasteiger partial charge in [0.25, 0.3) is 0 Å². The summed E-state index contributed by atoms with van der Waals surface area (Å²) in [6.45, 7) is 13.6. The Bertz CT molecular complexity index is 522. The molecule has 0 amide bonds. The maximum Gasteiger partial charge on any atom is 2.00 e. The van der Waals surface area contributed by atoms with Crippen LogP contribution in [0.25, 0.3) is 0 Å². The van der Waals surface area contributed by atoms with Gasteiger partial charge in [-0.05, 0) is 0 Å². The molecule has 148 valence electrons. The minimum atomic E-state index is 0.